The summed E-state index contributed by atoms with van der Waals surface area (Å²) in [4.78, 5) is 7.30. The molecule has 28 heavy (non-hydrogen) atoms. The SMILES string of the molecule is CN(C)CC1(CN=C(NCCc2ccco2)NCC2CCCO2)CCCC1.I. The number of hydrogen-bond acceptors (Lipinski definition) is 4. The molecule has 0 aromatic carbocycles. The standard InChI is InChI=1S/C21H36N4O2.HI/c1-25(2)17-21(10-3-4-11-21)16-24-20(23-15-19-8-6-14-27-19)22-12-9-18-7-5-13-26-18;/h5,7,13,19H,3-4,6,8-12,14-17H2,1-2H3,(H2,22,23,24);1H. The van der Waals surface area contributed by atoms with Crippen molar-refractivity contribution in [2.75, 3.05) is 46.9 Å². The van der Waals surface area contributed by atoms with Gasteiger partial charge in [-0.05, 0) is 51.9 Å². The van der Waals surface area contributed by atoms with Gasteiger partial charge >= 0.3 is 0 Å². The number of guanidine groups is 1. The molecule has 0 bridgehead atoms. The smallest absolute Gasteiger partial charge is 0.191 e. The molecule has 2 aliphatic rings. The zero-order valence-electron chi connectivity index (χ0n) is 17.4. The van der Waals surface area contributed by atoms with Crippen LogP contribution < -0.4 is 10.6 Å². The maximum absolute atomic E-state index is 5.75. The lowest BCUT2D eigenvalue weighted by atomic mass is 9.86. The van der Waals surface area contributed by atoms with Gasteiger partial charge in [-0.15, -0.1) is 24.0 Å². The van der Waals surface area contributed by atoms with E-state index in [2.05, 4.69) is 29.6 Å². The summed E-state index contributed by atoms with van der Waals surface area (Å²) in [5.74, 6) is 1.91. The van der Waals surface area contributed by atoms with Gasteiger partial charge in [-0.25, -0.2) is 0 Å². The minimum atomic E-state index is 0. The molecule has 1 atom stereocenters. The van der Waals surface area contributed by atoms with Crippen LogP contribution in [-0.4, -0.2) is 63.8 Å². The molecule has 1 aliphatic heterocycles. The van der Waals surface area contributed by atoms with Crippen molar-refractivity contribution in [3.05, 3.63) is 24.2 Å². The Balaban J connectivity index is 0.00000280. The Labute approximate surface area is 186 Å². The van der Waals surface area contributed by atoms with Crippen molar-refractivity contribution in [2.45, 2.75) is 51.0 Å². The summed E-state index contributed by atoms with van der Waals surface area (Å²) in [6.07, 6.45) is 10.4. The van der Waals surface area contributed by atoms with Gasteiger partial charge in [-0.1, -0.05) is 12.8 Å². The van der Waals surface area contributed by atoms with Gasteiger partial charge in [0.25, 0.3) is 0 Å². The second-order valence-corrected chi connectivity index (χ2v) is 8.38. The van der Waals surface area contributed by atoms with Gasteiger partial charge < -0.3 is 24.7 Å². The van der Waals surface area contributed by atoms with Crippen LogP contribution >= 0.6 is 24.0 Å². The van der Waals surface area contributed by atoms with Crippen LogP contribution in [0.5, 0.6) is 0 Å². The molecule has 3 rings (SSSR count). The molecule has 1 saturated heterocycles. The van der Waals surface area contributed by atoms with Crippen LogP contribution in [0.1, 0.15) is 44.3 Å². The van der Waals surface area contributed by atoms with E-state index < -0.39 is 0 Å². The van der Waals surface area contributed by atoms with Crippen molar-refractivity contribution in [2.24, 2.45) is 10.4 Å². The first-order chi connectivity index (χ1) is 13.2. The Hall–Kier alpha value is -0.800. The van der Waals surface area contributed by atoms with Crippen molar-refractivity contribution < 1.29 is 9.15 Å². The third-order valence-corrected chi connectivity index (χ3v) is 5.65. The van der Waals surface area contributed by atoms with E-state index in [9.17, 15) is 0 Å². The molecule has 1 aromatic rings. The lowest BCUT2D eigenvalue weighted by molar-refractivity contribution is 0.113. The average Bonchev–Trinajstić information content (AvgIpc) is 3.39. The third-order valence-electron chi connectivity index (χ3n) is 5.65. The topological polar surface area (TPSA) is 62.0 Å². The van der Waals surface area contributed by atoms with E-state index >= 15 is 0 Å². The summed E-state index contributed by atoms with van der Waals surface area (Å²) in [6.45, 7) is 4.52. The predicted octanol–water partition coefficient (Wildman–Crippen LogP) is 3.28. The molecule has 160 valence electrons. The Morgan fingerprint density at radius 1 is 1.25 bits per heavy atom. The van der Waals surface area contributed by atoms with Crippen LogP contribution in [0.4, 0.5) is 0 Å². The number of nitrogens with zero attached hydrogens (tertiary/aromatic N) is 2. The van der Waals surface area contributed by atoms with E-state index in [4.69, 9.17) is 14.1 Å². The van der Waals surface area contributed by atoms with E-state index in [-0.39, 0.29) is 24.0 Å². The van der Waals surface area contributed by atoms with Crippen molar-refractivity contribution in [1.82, 2.24) is 15.5 Å². The summed E-state index contributed by atoms with van der Waals surface area (Å²) >= 11 is 0. The van der Waals surface area contributed by atoms with Crippen LogP contribution in [0.3, 0.4) is 0 Å². The quantitative estimate of drug-likeness (QED) is 0.307. The monoisotopic (exact) mass is 504 g/mol. The largest absolute Gasteiger partial charge is 0.469 e. The van der Waals surface area contributed by atoms with Crippen molar-refractivity contribution in [3.63, 3.8) is 0 Å². The maximum Gasteiger partial charge on any atom is 0.191 e. The highest BCUT2D eigenvalue weighted by atomic mass is 127. The molecule has 0 spiro atoms. The van der Waals surface area contributed by atoms with E-state index in [1.54, 1.807) is 6.26 Å². The molecule has 6 nitrogen and oxygen atoms in total. The van der Waals surface area contributed by atoms with Crippen LogP contribution in [0, 0.1) is 5.41 Å². The number of hydrogen-bond donors (Lipinski definition) is 2. The highest BCUT2D eigenvalue weighted by Gasteiger charge is 2.34. The van der Waals surface area contributed by atoms with Gasteiger partial charge in [-0.2, -0.15) is 0 Å². The van der Waals surface area contributed by atoms with Gasteiger partial charge in [0.2, 0.25) is 0 Å². The fourth-order valence-electron chi connectivity index (χ4n) is 4.36. The van der Waals surface area contributed by atoms with Gasteiger partial charge in [-0.3, -0.25) is 4.99 Å². The van der Waals surface area contributed by atoms with Crippen molar-refractivity contribution >= 4 is 29.9 Å². The fourth-order valence-corrected chi connectivity index (χ4v) is 4.36. The lowest BCUT2D eigenvalue weighted by Crippen LogP contribution is -2.43. The van der Waals surface area contributed by atoms with Crippen LogP contribution in [0.15, 0.2) is 27.8 Å². The fraction of sp³-hybridized carbons (Fsp3) is 0.762. The summed E-state index contributed by atoms with van der Waals surface area (Å²) < 4.78 is 11.2. The number of furan rings is 1. The number of halogens is 1. The second kappa shape index (κ2) is 12.0. The van der Waals surface area contributed by atoms with Gasteiger partial charge in [0.1, 0.15) is 5.76 Å². The van der Waals surface area contributed by atoms with Gasteiger partial charge in [0.05, 0.1) is 12.4 Å². The number of ether oxygens (including phenoxy) is 1. The Morgan fingerprint density at radius 2 is 2.07 bits per heavy atom. The summed E-state index contributed by atoms with van der Waals surface area (Å²) in [7, 11) is 4.34. The molecule has 0 amide bonds. The van der Waals surface area contributed by atoms with E-state index in [0.717, 1.165) is 63.8 Å². The molecule has 7 heteroatoms. The number of nitrogens with one attached hydrogen (secondary N) is 2. The van der Waals surface area contributed by atoms with Gasteiger partial charge in [0, 0.05) is 44.6 Å². The Kier molecular flexibility index (Phi) is 10.1. The summed E-state index contributed by atoms with van der Waals surface area (Å²) in [5, 5.41) is 6.99. The summed E-state index contributed by atoms with van der Waals surface area (Å²) in [6, 6.07) is 3.95. The zero-order valence-corrected chi connectivity index (χ0v) is 19.7. The molecule has 2 fully saturated rings. The van der Waals surface area contributed by atoms with Crippen molar-refractivity contribution in [3.8, 4) is 0 Å². The van der Waals surface area contributed by atoms with E-state index in [0.29, 0.717) is 11.5 Å². The Morgan fingerprint density at radius 3 is 2.71 bits per heavy atom. The molecule has 2 N–H and O–H groups in total. The highest BCUT2D eigenvalue weighted by molar-refractivity contribution is 14.0. The minimum absolute atomic E-state index is 0. The van der Waals surface area contributed by atoms with E-state index in [1.165, 1.54) is 25.7 Å². The second-order valence-electron chi connectivity index (χ2n) is 8.38. The first-order valence-electron chi connectivity index (χ1n) is 10.5. The maximum atomic E-state index is 5.75. The Bertz CT molecular complexity index is 565. The third kappa shape index (κ3) is 7.55. The molecular weight excluding hydrogens is 467 g/mol. The molecule has 1 aliphatic carbocycles. The summed E-state index contributed by atoms with van der Waals surface area (Å²) in [5.41, 5.74) is 0.322. The first kappa shape index (κ1) is 23.5. The van der Waals surface area contributed by atoms with Crippen molar-refractivity contribution in [1.29, 1.82) is 0 Å². The van der Waals surface area contributed by atoms with Crippen LogP contribution in [0.25, 0.3) is 0 Å². The average molecular weight is 504 g/mol. The molecule has 2 heterocycles. The highest BCUT2D eigenvalue weighted by Crippen LogP contribution is 2.38. The zero-order chi connectivity index (χ0) is 19.0. The van der Waals surface area contributed by atoms with Gasteiger partial charge in [0.15, 0.2) is 5.96 Å². The molecule has 1 aromatic heterocycles. The minimum Gasteiger partial charge on any atom is -0.469 e. The number of aliphatic imine (C=N–C) groups is 1. The molecule has 1 saturated carbocycles. The predicted molar refractivity (Wildman–Crippen MR) is 125 cm³/mol. The normalized spacial score (nSPS) is 21.7. The molecule has 1 unspecified atom stereocenters. The molecular formula is C21H37IN4O2. The van der Waals surface area contributed by atoms with E-state index in [1.807, 2.05) is 12.1 Å². The first-order valence-corrected chi connectivity index (χ1v) is 10.5. The lowest BCUT2D eigenvalue weighted by Gasteiger charge is -2.31. The molecule has 0 radical (unpaired) electrons. The van der Waals surface area contributed by atoms with Crippen LogP contribution in [-0.2, 0) is 11.2 Å². The number of rotatable bonds is 9. The van der Waals surface area contributed by atoms with Crippen LogP contribution in [0.2, 0.25) is 0 Å².